The number of pyridine rings is 1. The fraction of sp³-hybridized carbons (Fsp3) is 0.471. The first-order chi connectivity index (χ1) is 10.2. The van der Waals surface area contributed by atoms with Gasteiger partial charge in [-0.25, -0.2) is 14.1 Å². The van der Waals surface area contributed by atoms with Gasteiger partial charge in [-0.2, -0.15) is 0 Å². The highest BCUT2D eigenvalue weighted by Crippen LogP contribution is 2.02. The molecule has 0 unspecified atom stereocenters. The maximum Gasteiger partial charge on any atom is 0.253 e. The third-order valence-corrected chi connectivity index (χ3v) is 3.38. The molecule has 2 aromatic heterocycles. The molecule has 0 saturated carbocycles. The van der Waals surface area contributed by atoms with Crippen LogP contribution in [0.1, 0.15) is 48.8 Å². The zero-order chi connectivity index (χ0) is 15.5. The predicted molar refractivity (Wildman–Crippen MR) is 98.2 cm³/mol. The summed E-state index contributed by atoms with van der Waals surface area (Å²) in [6, 6.07) is 3.54. The Bertz CT molecular complexity index is 523. The van der Waals surface area contributed by atoms with Crippen molar-refractivity contribution in [2.45, 2.75) is 39.0 Å². The van der Waals surface area contributed by atoms with Crippen LogP contribution in [-0.2, 0) is 20.5 Å². The number of carbonyl (C=O) groups excluding carboxylic acids is 1. The van der Waals surface area contributed by atoms with E-state index in [0.29, 0.717) is 5.56 Å². The summed E-state index contributed by atoms with van der Waals surface area (Å²) in [5.41, 5.74) is 0.716. The third kappa shape index (κ3) is 8.26. The Kier molecular flexibility index (Phi) is 11.6. The van der Waals surface area contributed by atoms with Crippen LogP contribution in [0.3, 0.4) is 0 Å². The van der Waals surface area contributed by atoms with Gasteiger partial charge in [0.05, 0.1) is 7.05 Å². The Balaban J connectivity index is 0.000000397. The molecular weight excluding hydrogens is 389 g/mol. The molecule has 22 heavy (non-hydrogen) atoms. The van der Waals surface area contributed by atoms with Crippen LogP contribution in [0, 0.1) is 0 Å². The zero-order valence-corrected chi connectivity index (χ0v) is 16.1. The van der Waals surface area contributed by atoms with Crippen LogP contribution in [0.15, 0.2) is 36.9 Å². The average Bonchev–Trinajstić information content (AvgIpc) is 2.91. The molecule has 2 rings (SSSR count). The van der Waals surface area contributed by atoms with Gasteiger partial charge in [0, 0.05) is 24.1 Å². The number of carbonyl (C=O) groups is 1. The predicted octanol–water partition coefficient (Wildman–Crippen LogP) is 2.90. The van der Waals surface area contributed by atoms with Gasteiger partial charge in [-0.15, -0.1) is 24.0 Å². The van der Waals surface area contributed by atoms with Crippen molar-refractivity contribution in [3.63, 3.8) is 0 Å². The standard InChI is InChI=1S/C10H18N2.C7H8NO.HI/c1-3-4-5-6-7-10-11-8-9-12(10)2;1-8-4-2-7(6-9)3-5-8;/h8-9H,3-7H2,1-2H3;2-6H,1H3;1H/q;+1;/p+1. The van der Waals surface area contributed by atoms with Crippen molar-refractivity contribution in [2.75, 3.05) is 0 Å². The van der Waals surface area contributed by atoms with Crippen molar-refractivity contribution < 1.29 is 13.9 Å². The molecule has 0 bridgehead atoms. The molecule has 1 N–H and O–H groups in total. The molecule has 2 heterocycles. The van der Waals surface area contributed by atoms with Crippen molar-refractivity contribution in [1.82, 2.24) is 4.98 Å². The molecule has 5 heteroatoms. The van der Waals surface area contributed by atoms with Gasteiger partial charge in [0.25, 0.3) is 5.82 Å². The van der Waals surface area contributed by atoms with Gasteiger partial charge in [0.15, 0.2) is 18.7 Å². The number of unbranched alkanes of at least 4 members (excludes halogenated alkanes) is 3. The summed E-state index contributed by atoms with van der Waals surface area (Å²) in [5.74, 6) is 1.34. The first-order valence-corrected chi connectivity index (χ1v) is 7.59. The fourth-order valence-electron chi connectivity index (χ4n) is 2.00. The molecular formula is C17H28IN3O+2. The number of hydrogen-bond donors (Lipinski definition) is 1. The van der Waals surface area contributed by atoms with E-state index >= 15 is 0 Å². The number of aryl methyl sites for hydroxylation is 3. The van der Waals surface area contributed by atoms with Crippen molar-refractivity contribution in [3.8, 4) is 0 Å². The highest BCUT2D eigenvalue weighted by Gasteiger charge is 2.04. The highest BCUT2D eigenvalue weighted by atomic mass is 127. The van der Waals surface area contributed by atoms with Crippen molar-refractivity contribution in [2.24, 2.45) is 14.1 Å². The lowest BCUT2D eigenvalue weighted by Gasteiger charge is -1.95. The Hall–Kier alpha value is -1.24. The lowest BCUT2D eigenvalue weighted by molar-refractivity contribution is -0.677. The summed E-state index contributed by atoms with van der Waals surface area (Å²) in [6.45, 7) is 2.24. The van der Waals surface area contributed by atoms with Gasteiger partial charge >= 0.3 is 0 Å². The molecule has 0 spiro atoms. The number of aldehydes is 1. The maximum atomic E-state index is 10.1. The number of rotatable bonds is 6. The zero-order valence-electron chi connectivity index (χ0n) is 13.8. The van der Waals surface area contributed by atoms with Gasteiger partial charge in [-0.05, 0) is 6.42 Å². The minimum atomic E-state index is 0. The first-order valence-electron chi connectivity index (χ1n) is 7.59. The molecule has 122 valence electrons. The number of halogens is 1. The number of H-pyrrole nitrogens is 1. The minimum Gasteiger partial charge on any atom is -0.298 e. The molecule has 0 saturated heterocycles. The molecule has 4 nitrogen and oxygen atoms in total. The van der Waals surface area contributed by atoms with Gasteiger partial charge in [0.1, 0.15) is 19.4 Å². The van der Waals surface area contributed by atoms with Gasteiger partial charge in [-0.3, -0.25) is 4.79 Å². The Morgan fingerprint density at radius 2 is 1.77 bits per heavy atom. The van der Waals surface area contributed by atoms with Crippen LogP contribution in [0.25, 0.3) is 0 Å². The first kappa shape index (κ1) is 20.8. The number of hydrogen-bond acceptors (Lipinski definition) is 1. The number of aromatic amines is 1. The lowest BCUT2D eigenvalue weighted by Crippen LogP contribution is -2.30. The number of nitrogens with zero attached hydrogens (tertiary/aromatic N) is 2. The van der Waals surface area contributed by atoms with E-state index < -0.39 is 0 Å². The molecule has 0 radical (unpaired) electrons. The Labute approximate surface area is 150 Å². The number of nitrogens with one attached hydrogen (secondary N) is 1. The van der Waals surface area contributed by atoms with Crippen LogP contribution < -0.4 is 9.13 Å². The molecule has 0 fully saturated rings. The van der Waals surface area contributed by atoms with E-state index in [4.69, 9.17) is 0 Å². The van der Waals surface area contributed by atoms with Crippen LogP contribution >= 0.6 is 24.0 Å². The summed E-state index contributed by atoms with van der Waals surface area (Å²) in [4.78, 5) is 13.4. The van der Waals surface area contributed by atoms with E-state index in [1.807, 2.05) is 30.2 Å². The second kappa shape index (κ2) is 12.3. The highest BCUT2D eigenvalue weighted by molar-refractivity contribution is 14.0. The molecule has 0 aliphatic rings. The Morgan fingerprint density at radius 1 is 1.09 bits per heavy atom. The van der Waals surface area contributed by atoms with E-state index in [1.54, 1.807) is 12.1 Å². The fourth-order valence-corrected chi connectivity index (χ4v) is 2.00. The smallest absolute Gasteiger partial charge is 0.253 e. The second-order valence-corrected chi connectivity index (χ2v) is 5.24. The molecule has 0 aliphatic heterocycles. The molecule has 0 atom stereocenters. The molecule has 0 amide bonds. The maximum absolute atomic E-state index is 10.1. The minimum absolute atomic E-state index is 0. The van der Waals surface area contributed by atoms with Gasteiger partial charge in [-0.1, -0.05) is 26.2 Å². The summed E-state index contributed by atoms with van der Waals surface area (Å²) < 4.78 is 4.04. The van der Waals surface area contributed by atoms with E-state index in [1.165, 1.54) is 37.9 Å². The Morgan fingerprint density at radius 3 is 2.27 bits per heavy atom. The topological polar surface area (TPSA) is 40.6 Å². The van der Waals surface area contributed by atoms with E-state index in [0.717, 1.165) is 6.29 Å². The summed E-state index contributed by atoms with van der Waals surface area (Å²) in [5, 5.41) is 0. The van der Waals surface area contributed by atoms with Crippen LogP contribution in [-0.4, -0.2) is 11.3 Å². The second-order valence-electron chi connectivity index (χ2n) is 5.24. The monoisotopic (exact) mass is 417 g/mol. The normalized spacial score (nSPS) is 9.41. The van der Waals surface area contributed by atoms with E-state index in [-0.39, 0.29) is 24.0 Å². The summed E-state index contributed by atoms with van der Waals surface area (Å²) in [6.07, 6.45) is 15.1. The van der Waals surface area contributed by atoms with Gasteiger partial charge < -0.3 is 0 Å². The number of aromatic nitrogens is 3. The molecule has 2 aromatic rings. The van der Waals surface area contributed by atoms with Crippen LogP contribution in [0.2, 0.25) is 0 Å². The van der Waals surface area contributed by atoms with E-state index in [9.17, 15) is 4.79 Å². The van der Waals surface area contributed by atoms with E-state index in [2.05, 4.69) is 29.7 Å². The quantitative estimate of drug-likeness (QED) is 0.334. The summed E-state index contributed by atoms with van der Waals surface area (Å²) in [7, 11) is 4.00. The van der Waals surface area contributed by atoms with Crippen molar-refractivity contribution in [1.29, 1.82) is 0 Å². The largest absolute Gasteiger partial charge is 0.298 e. The number of imidazole rings is 1. The molecule has 0 aliphatic carbocycles. The van der Waals surface area contributed by atoms with Crippen molar-refractivity contribution >= 4 is 30.3 Å². The van der Waals surface area contributed by atoms with Crippen LogP contribution in [0.5, 0.6) is 0 Å². The summed E-state index contributed by atoms with van der Waals surface area (Å²) >= 11 is 0. The van der Waals surface area contributed by atoms with Gasteiger partial charge in [0.2, 0.25) is 0 Å². The van der Waals surface area contributed by atoms with Crippen LogP contribution in [0.4, 0.5) is 0 Å². The SMILES string of the molecule is CCCCCCc1[nH]cc[n+]1C.C[n+]1ccc(C=O)cc1.I. The third-order valence-electron chi connectivity index (χ3n) is 3.38. The average molecular weight is 417 g/mol. The van der Waals surface area contributed by atoms with Crippen molar-refractivity contribution in [3.05, 3.63) is 48.3 Å². The lowest BCUT2D eigenvalue weighted by atomic mass is 10.1. The molecule has 0 aromatic carbocycles.